The molecule has 1 aliphatic rings. The van der Waals surface area contributed by atoms with Crippen LogP contribution in [0, 0.1) is 0 Å². The van der Waals surface area contributed by atoms with Crippen LogP contribution in [0.3, 0.4) is 0 Å². The smallest absolute Gasteiger partial charge is 0.227 e. The molecule has 0 unspecified atom stereocenters. The number of methoxy groups -OCH3 is 1. The van der Waals surface area contributed by atoms with Gasteiger partial charge >= 0.3 is 0 Å². The zero-order valence-corrected chi connectivity index (χ0v) is 12.1. The monoisotopic (exact) mass is 281 g/mol. The van der Waals surface area contributed by atoms with Gasteiger partial charge < -0.3 is 9.64 Å². The van der Waals surface area contributed by atoms with Crippen LogP contribution in [0.25, 0.3) is 0 Å². The minimum Gasteiger partial charge on any atom is -0.496 e. The Morgan fingerprint density at radius 3 is 2.58 bits per heavy atom. The van der Waals surface area contributed by atoms with E-state index in [1.54, 1.807) is 13.2 Å². The fourth-order valence-corrected chi connectivity index (χ4v) is 2.67. The Bertz CT molecular complexity index is 440. The summed E-state index contributed by atoms with van der Waals surface area (Å²) in [5, 5.41) is 0.638. The van der Waals surface area contributed by atoms with E-state index in [0.717, 1.165) is 37.2 Å². The zero-order valence-electron chi connectivity index (χ0n) is 11.3. The largest absolute Gasteiger partial charge is 0.496 e. The highest BCUT2D eigenvalue weighted by molar-refractivity contribution is 6.30. The number of halogens is 1. The summed E-state index contributed by atoms with van der Waals surface area (Å²) in [6.07, 6.45) is 5.04. The van der Waals surface area contributed by atoms with Crippen molar-refractivity contribution in [3.63, 3.8) is 0 Å². The summed E-state index contributed by atoms with van der Waals surface area (Å²) in [7, 11) is 1.61. The number of hydrogen-bond donors (Lipinski definition) is 0. The van der Waals surface area contributed by atoms with Crippen molar-refractivity contribution in [3.05, 3.63) is 28.8 Å². The van der Waals surface area contributed by atoms with Gasteiger partial charge in [0.05, 0.1) is 13.5 Å². The third kappa shape index (κ3) is 3.87. The minimum atomic E-state index is 0.169. The summed E-state index contributed by atoms with van der Waals surface area (Å²) in [5.74, 6) is 0.898. The van der Waals surface area contributed by atoms with E-state index < -0.39 is 0 Å². The van der Waals surface area contributed by atoms with Crippen molar-refractivity contribution in [2.75, 3.05) is 20.2 Å². The van der Waals surface area contributed by atoms with Crippen LogP contribution in [0.15, 0.2) is 18.2 Å². The fourth-order valence-electron chi connectivity index (χ4n) is 2.48. The van der Waals surface area contributed by atoms with Crippen LogP contribution >= 0.6 is 11.6 Å². The highest BCUT2D eigenvalue weighted by Crippen LogP contribution is 2.24. The minimum absolute atomic E-state index is 0.169. The molecule has 1 aliphatic heterocycles. The van der Waals surface area contributed by atoms with E-state index in [1.165, 1.54) is 12.8 Å². The van der Waals surface area contributed by atoms with Crippen molar-refractivity contribution in [1.82, 2.24) is 4.90 Å². The molecule has 19 heavy (non-hydrogen) atoms. The van der Waals surface area contributed by atoms with Crippen molar-refractivity contribution in [2.24, 2.45) is 0 Å². The summed E-state index contributed by atoms with van der Waals surface area (Å²) in [6, 6.07) is 5.41. The molecule has 104 valence electrons. The molecule has 0 radical (unpaired) electrons. The van der Waals surface area contributed by atoms with E-state index in [1.807, 2.05) is 17.0 Å². The summed E-state index contributed by atoms with van der Waals surface area (Å²) in [5.41, 5.74) is 0.865. The average molecular weight is 282 g/mol. The lowest BCUT2D eigenvalue weighted by Gasteiger charge is -2.21. The Morgan fingerprint density at radius 2 is 1.95 bits per heavy atom. The predicted octanol–water partition coefficient (Wildman–Crippen LogP) is 3.29. The average Bonchev–Trinajstić information content (AvgIpc) is 2.68. The number of rotatable bonds is 3. The summed E-state index contributed by atoms with van der Waals surface area (Å²) in [6.45, 7) is 1.75. The summed E-state index contributed by atoms with van der Waals surface area (Å²) >= 11 is 5.99. The first-order valence-corrected chi connectivity index (χ1v) is 7.18. The normalized spacial score (nSPS) is 16.0. The van der Waals surface area contributed by atoms with Gasteiger partial charge in [-0.2, -0.15) is 0 Å². The molecule has 1 heterocycles. The lowest BCUT2D eigenvalue weighted by molar-refractivity contribution is -0.130. The lowest BCUT2D eigenvalue weighted by atomic mass is 10.1. The van der Waals surface area contributed by atoms with Crippen molar-refractivity contribution in [2.45, 2.75) is 32.1 Å². The molecule has 4 heteroatoms. The van der Waals surface area contributed by atoms with E-state index in [-0.39, 0.29) is 5.91 Å². The fraction of sp³-hybridized carbons (Fsp3) is 0.533. The molecule has 1 aromatic carbocycles. The predicted molar refractivity (Wildman–Crippen MR) is 76.8 cm³/mol. The highest BCUT2D eigenvalue weighted by atomic mass is 35.5. The molecule has 1 amide bonds. The summed E-state index contributed by atoms with van der Waals surface area (Å²) < 4.78 is 5.28. The van der Waals surface area contributed by atoms with Crippen LogP contribution in [-0.4, -0.2) is 31.0 Å². The molecule has 1 aromatic rings. The second-order valence-corrected chi connectivity index (χ2v) is 5.36. The Morgan fingerprint density at radius 1 is 1.26 bits per heavy atom. The van der Waals surface area contributed by atoms with Crippen molar-refractivity contribution in [1.29, 1.82) is 0 Å². The van der Waals surface area contributed by atoms with E-state index in [2.05, 4.69) is 0 Å². The molecule has 2 rings (SSSR count). The highest BCUT2D eigenvalue weighted by Gasteiger charge is 2.17. The molecule has 0 spiro atoms. The van der Waals surface area contributed by atoms with Crippen LogP contribution in [0.4, 0.5) is 0 Å². The van der Waals surface area contributed by atoms with Crippen LogP contribution in [0.1, 0.15) is 31.2 Å². The maximum absolute atomic E-state index is 12.3. The van der Waals surface area contributed by atoms with Crippen LogP contribution in [-0.2, 0) is 11.2 Å². The van der Waals surface area contributed by atoms with E-state index in [0.29, 0.717) is 11.4 Å². The number of carbonyl (C=O) groups is 1. The second-order valence-electron chi connectivity index (χ2n) is 4.93. The molecule has 0 atom stereocenters. The first-order chi connectivity index (χ1) is 9.20. The quantitative estimate of drug-likeness (QED) is 0.851. The van der Waals surface area contributed by atoms with Gasteiger partial charge in [-0.25, -0.2) is 0 Å². The number of amides is 1. The van der Waals surface area contributed by atoms with Gasteiger partial charge in [-0.1, -0.05) is 24.4 Å². The molecule has 1 saturated heterocycles. The van der Waals surface area contributed by atoms with Gasteiger partial charge in [0.25, 0.3) is 0 Å². The van der Waals surface area contributed by atoms with Crippen molar-refractivity contribution in [3.8, 4) is 5.75 Å². The Labute approximate surface area is 119 Å². The standard InChI is InChI=1S/C15H20ClNO2/c1-19-14-7-6-13(16)10-12(14)11-15(18)17-8-4-2-3-5-9-17/h6-7,10H,2-5,8-9,11H2,1H3. The number of benzene rings is 1. The van der Waals surface area contributed by atoms with Gasteiger partial charge in [-0.3, -0.25) is 4.79 Å². The lowest BCUT2D eigenvalue weighted by Crippen LogP contribution is -2.33. The van der Waals surface area contributed by atoms with Crippen molar-refractivity contribution >= 4 is 17.5 Å². The number of carbonyl (C=O) groups excluding carboxylic acids is 1. The van der Waals surface area contributed by atoms with Gasteiger partial charge in [-0.05, 0) is 31.0 Å². The van der Waals surface area contributed by atoms with Gasteiger partial charge in [0.15, 0.2) is 0 Å². The molecule has 0 aliphatic carbocycles. The van der Waals surface area contributed by atoms with Crippen LogP contribution in [0.2, 0.25) is 5.02 Å². The van der Waals surface area contributed by atoms with Gasteiger partial charge in [0.2, 0.25) is 5.91 Å². The molecule has 3 nitrogen and oxygen atoms in total. The number of likely N-dealkylation sites (tertiary alicyclic amines) is 1. The second kappa shape index (κ2) is 6.80. The zero-order chi connectivity index (χ0) is 13.7. The molecule has 0 aromatic heterocycles. The van der Waals surface area contributed by atoms with Gasteiger partial charge in [-0.15, -0.1) is 0 Å². The van der Waals surface area contributed by atoms with Gasteiger partial charge in [0, 0.05) is 23.7 Å². The topological polar surface area (TPSA) is 29.5 Å². The van der Waals surface area contributed by atoms with E-state index >= 15 is 0 Å². The number of nitrogens with zero attached hydrogens (tertiary/aromatic N) is 1. The maximum atomic E-state index is 12.3. The Balaban J connectivity index is 2.07. The third-order valence-corrected chi connectivity index (χ3v) is 3.78. The SMILES string of the molecule is COc1ccc(Cl)cc1CC(=O)N1CCCCCC1. The first kappa shape index (κ1) is 14.2. The molecule has 0 bridgehead atoms. The molecule has 0 N–H and O–H groups in total. The van der Waals surface area contributed by atoms with E-state index in [4.69, 9.17) is 16.3 Å². The first-order valence-electron chi connectivity index (χ1n) is 6.81. The Hall–Kier alpha value is -1.22. The Kier molecular flexibility index (Phi) is 5.08. The molecule has 0 saturated carbocycles. The molecular weight excluding hydrogens is 262 g/mol. The molecule has 1 fully saturated rings. The van der Waals surface area contributed by atoms with Gasteiger partial charge in [0.1, 0.15) is 5.75 Å². The van der Waals surface area contributed by atoms with Crippen LogP contribution < -0.4 is 4.74 Å². The van der Waals surface area contributed by atoms with Crippen LogP contribution in [0.5, 0.6) is 5.75 Å². The van der Waals surface area contributed by atoms with Crippen molar-refractivity contribution < 1.29 is 9.53 Å². The number of hydrogen-bond acceptors (Lipinski definition) is 2. The van der Waals surface area contributed by atoms with E-state index in [9.17, 15) is 4.79 Å². The summed E-state index contributed by atoms with van der Waals surface area (Å²) in [4.78, 5) is 14.3. The maximum Gasteiger partial charge on any atom is 0.227 e. The number of ether oxygens (including phenoxy) is 1. The third-order valence-electron chi connectivity index (χ3n) is 3.54. The molecular formula is C15H20ClNO2.